The van der Waals surface area contributed by atoms with E-state index in [0.717, 1.165) is 27.8 Å². The highest BCUT2D eigenvalue weighted by Gasteiger charge is 2.14. The Balaban J connectivity index is 1.43. The van der Waals surface area contributed by atoms with Gasteiger partial charge in [-0.1, -0.05) is 141 Å². The molecule has 0 N–H and O–H groups in total. The number of hydrogen-bond donors (Lipinski definition) is 0. The van der Waals surface area contributed by atoms with Gasteiger partial charge in [-0.15, -0.1) is 0 Å². The zero-order chi connectivity index (χ0) is 26.6. The summed E-state index contributed by atoms with van der Waals surface area (Å²) in [6.45, 7) is 4.40. The van der Waals surface area contributed by atoms with Crippen LogP contribution < -0.4 is 0 Å². The second kappa shape index (κ2) is 10.8. The topological polar surface area (TPSA) is 38.7 Å². The number of rotatable bonds is 6. The van der Waals surface area contributed by atoms with E-state index in [2.05, 4.69) is 135 Å². The predicted molar refractivity (Wildman–Crippen MR) is 161 cm³/mol. The van der Waals surface area contributed by atoms with Crippen LogP contribution in [0.3, 0.4) is 0 Å². The molecular weight excluding hydrogens is 474 g/mol. The van der Waals surface area contributed by atoms with Crippen LogP contribution in [0, 0.1) is 0 Å². The van der Waals surface area contributed by atoms with Crippen molar-refractivity contribution >= 4 is 0 Å². The van der Waals surface area contributed by atoms with Crippen LogP contribution >= 0.6 is 0 Å². The van der Waals surface area contributed by atoms with Gasteiger partial charge in [-0.3, -0.25) is 0 Å². The predicted octanol–water partition coefficient (Wildman–Crippen LogP) is 9.33. The smallest absolute Gasteiger partial charge is 0.164 e. The Morgan fingerprint density at radius 3 is 1.15 bits per heavy atom. The van der Waals surface area contributed by atoms with Gasteiger partial charge in [-0.05, 0) is 39.8 Å². The number of aromatic nitrogens is 3. The summed E-state index contributed by atoms with van der Waals surface area (Å²) < 4.78 is 0. The van der Waals surface area contributed by atoms with E-state index in [9.17, 15) is 0 Å². The second-order valence-electron chi connectivity index (χ2n) is 9.97. The van der Waals surface area contributed by atoms with Crippen LogP contribution in [0.5, 0.6) is 0 Å². The van der Waals surface area contributed by atoms with Gasteiger partial charge in [0.25, 0.3) is 0 Å². The van der Waals surface area contributed by atoms with Crippen molar-refractivity contribution in [2.24, 2.45) is 0 Å². The monoisotopic (exact) mass is 503 g/mol. The van der Waals surface area contributed by atoms with Gasteiger partial charge < -0.3 is 0 Å². The molecule has 1 heterocycles. The normalized spacial score (nSPS) is 11.1. The summed E-state index contributed by atoms with van der Waals surface area (Å²) in [6, 6.07) is 46.1. The van der Waals surface area contributed by atoms with E-state index < -0.39 is 0 Å². The molecule has 6 aromatic rings. The summed E-state index contributed by atoms with van der Waals surface area (Å²) in [7, 11) is 0. The molecule has 0 saturated heterocycles. The first-order valence-corrected chi connectivity index (χ1v) is 13.3. The van der Waals surface area contributed by atoms with Crippen LogP contribution in [0.1, 0.15) is 25.3 Å². The molecule has 0 atom stereocenters. The molecule has 6 rings (SSSR count). The third-order valence-corrected chi connectivity index (χ3v) is 6.95. The summed E-state index contributed by atoms with van der Waals surface area (Å²) in [6.07, 6.45) is 0. The molecule has 3 heteroatoms. The molecule has 0 bridgehead atoms. The first kappa shape index (κ1) is 24.4. The first-order valence-electron chi connectivity index (χ1n) is 13.3. The van der Waals surface area contributed by atoms with Gasteiger partial charge in [0.05, 0.1) is 0 Å². The van der Waals surface area contributed by atoms with Crippen molar-refractivity contribution in [1.29, 1.82) is 0 Å². The van der Waals surface area contributed by atoms with Gasteiger partial charge in [-0.25, -0.2) is 15.0 Å². The maximum atomic E-state index is 4.95. The van der Waals surface area contributed by atoms with Gasteiger partial charge in [0.15, 0.2) is 17.5 Å². The van der Waals surface area contributed by atoms with E-state index in [1.165, 1.54) is 16.7 Å². The summed E-state index contributed by atoms with van der Waals surface area (Å²) in [5, 5.41) is 0. The average Bonchev–Trinajstić information content (AvgIpc) is 3.02. The minimum atomic E-state index is 0.418. The highest BCUT2D eigenvalue weighted by molar-refractivity contribution is 5.72. The lowest BCUT2D eigenvalue weighted by Crippen LogP contribution is -2.00. The fourth-order valence-corrected chi connectivity index (χ4v) is 4.68. The lowest BCUT2D eigenvalue weighted by atomic mass is 10.0. The maximum Gasteiger partial charge on any atom is 0.164 e. The first-order chi connectivity index (χ1) is 19.1. The van der Waals surface area contributed by atoms with Gasteiger partial charge in [0, 0.05) is 16.7 Å². The molecule has 39 heavy (non-hydrogen) atoms. The minimum absolute atomic E-state index is 0.418. The van der Waals surface area contributed by atoms with E-state index in [-0.39, 0.29) is 0 Å². The van der Waals surface area contributed by atoms with Crippen LogP contribution in [0.25, 0.3) is 56.4 Å². The molecule has 188 valence electrons. The van der Waals surface area contributed by atoms with Gasteiger partial charge in [0.1, 0.15) is 0 Å². The molecule has 0 aliphatic heterocycles. The van der Waals surface area contributed by atoms with Crippen molar-refractivity contribution < 1.29 is 0 Å². The third-order valence-electron chi connectivity index (χ3n) is 6.95. The zero-order valence-corrected chi connectivity index (χ0v) is 22.1. The van der Waals surface area contributed by atoms with E-state index in [1.54, 1.807) is 0 Å². The highest BCUT2D eigenvalue weighted by Crippen LogP contribution is 2.29. The quantitative estimate of drug-likeness (QED) is 0.227. The van der Waals surface area contributed by atoms with Gasteiger partial charge in [-0.2, -0.15) is 0 Å². The summed E-state index contributed by atoms with van der Waals surface area (Å²) in [5.41, 5.74) is 8.87. The Kier molecular flexibility index (Phi) is 6.80. The Morgan fingerprint density at radius 2 is 0.718 bits per heavy atom. The van der Waals surface area contributed by atoms with Crippen molar-refractivity contribution in [3.05, 3.63) is 139 Å². The van der Waals surface area contributed by atoms with Crippen molar-refractivity contribution in [1.82, 2.24) is 15.0 Å². The molecule has 0 radical (unpaired) electrons. The van der Waals surface area contributed by atoms with Crippen LogP contribution in [-0.2, 0) is 0 Å². The van der Waals surface area contributed by atoms with Crippen molar-refractivity contribution in [3.8, 4) is 56.4 Å². The summed E-state index contributed by atoms with van der Waals surface area (Å²) in [4.78, 5) is 14.8. The number of nitrogens with zero attached hydrogens (tertiary/aromatic N) is 3. The fourth-order valence-electron chi connectivity index (χ4n) is 4.68. The van der Waals surface area contributed by atoms with Gasteiger partial charge in [0.2, 0.25) is 0 Å². The Labute approximate surface area is 229 Å². The molecule has 0 aliphatic carbocycles. The minimum Gasteiger partial charge on any atom is -0.208 e. The molecular formula is C36H29N3. The molecule has 0 aliphatic rings. The van der Waals surface area contributed by atoms with Crippen LogP contribution in [0.4, 0.5) is 0 Å². The average molecular weight is 504 g/mol. The molecule has 0 saturated carbocycles. The number of benzene rings is 5. The summed E-state index contributed by atoms with van der Waals surface area (Å²) >= 11 is 0. The second-order valence-corrected chi connectivity index (χ2v) is 9.97. The van der Waals surface area contributed by atoms with Crippen molar-refractivity contribution in [3.63, 3.8) is 0 Å². The molecule has 0 fully saturated rings. The van der Waals surface area contributed by atoms with Crippen molar-refractivity contribution in [2.75, 3.05) is 0 Å². The molecule has 1 aromatic heterocycles. The highest BCUT2D eigenvalue weighted by atomic mass is 15.0. The Hall–Kier alpha value is -4.89. The van der Waals surface area contributed by atoms with E-state index in [1.807, 2.05) is 12.1 Å². The van der Waals surface area contributed by atoms with Crippen LogP contribution in [0.15, 0.2) is 133 Å². The Bertz CT molecular complexity index is 1590. The number of hydrogen-bond acceptors (Lipinski definition) is 3. The van der Waals surface area contributed by atoms with Crippen LogP contribution in [0.2, 0.25) is 0 Å². The van der Waals surface area contributed by atoms with Gasteiger partial charge >= 0.3 is 0 Å². The largest absolute Gasteiger partial charge is 0.208 e. The molecule has 0 amide bonds. The lowest BCUT2D eigenvalue weighted by molar-refractivity contribution is 0.866. The summed E-state index contributed by atoms with van der Waals surface area (Å²) in [5.74, 6) is 2.42. The van der Waals surface area contributed by atoms with Crippen molar-refractivity contribution in [2.45, 2.75) is 19.8 Å². The standard InChI is InChI=1S/C36H29N3/c1-25(2)32-14-9-15-33(24-32)36-38-34(30-20-16-28(17-21-30)26-10-5-3-6-11-26)37-35(39-36)31-22-18-29(19-23-31)27-12-7-4-8-13-27/h3-25H,1-2H3. The van der Waals surface area contributed by atoms with Crippen LogP contribution in [-0.4, -0.2) is 15.0 Å². The SMILES string of the molecule is CC(C)c1cccc(-c2nc(-c3ccc(-c4ccccc4)cc3)nc(-c3ccc(-c4ccccc4)cc3)n2)c1. The van der Waals surface area contributed by atoms with E-state index in [0.29, 0.717) is 23.4 Å². The molecule has 0 spiro atoms. The third kappa shape index (κ3) is 5.39. The lowest BCUT2D eigenvalue weighted by Gasteiger charge is -2.11. The Morgan fingerprint density at radius 1 is 0.359 bits per heavy atom. The van der Waals surface area contributed by atoms with E-state index >= 15 is 0 Å². The molecule has 5 aromatic carbocycles. The zero-order valence-electron chi connectivity index (χ0n) is 22.1. The molecule has 3 nitrogen and oxygen atoms in total. The van der Waals surface area contributed by atoms with E-state index in [4.69, 9.17) is 15.0 Å². The molecule has 0 unspecified atom stereocenters. The maximum absolute atomic E-state index is 4.95. The fraction of sp³-hybridized carbons (Fsp3) is 0.0833.